The quantitative estimate of drug-likeness (QED) is 0.419. The van der Waals surface area contributed by atoms with E-state index in [1.165, 1.54) is 30.0 Å². The molecular formula is C18H16N2O3S2. The monoisotopic (exact) mass is 372 g/mol. The Kier molecular flexibility index (Phi) is 4.87. The lowest BCUT2D eigenvalue weighted by Gasteiger charge is -2.02. The molecule has 5 nitrogen and oxygen atoms in total. The number of aromatic nitrogens is 2. The van der Waals surface area contributed by atoms with Gasteiger partial charge in [0.15, 0.2) is 16.7 Å². The third-order valence-corrected chi connectivity index (χ3v) is 5.97. The molecule has 0 fully saturated rings. The highest BCUT2D eigenvalue weighted by Gasteiger charge is 2.17. The Morgan fingerprint density at radius 3 is 2.52 bits per heavy atom. The number of H-pyrrole nitrogens is 1. The lowest BCUT2D eigenvalue weighted by molar-refractivity contribution is 0.101. The molecule has 0 bridgehead atoms. The first-order valence-corrected chi connectivity index (χ1v) is 9.44. The van der Waals surface area contributed by atoms with Crippen molar-refractivity contribution in [3.05, 3.63) is 56.2 Å². The average molecular weight is 372 g/mol. The Morgan fingerprint density at radius 2 is 1.88 bits per heavy atom. The second kappa shape index (κ2) is 6.93. The summed E-state index contributed by atoms with van der Waals surface area (Å²) in [6.07, 6.45) is 0. The van der Waals surface area contributed by atoms with E-state index in [-0.39, 0.29) is 22.9 Å². The average Bonchev–Trinajstić information content (AvgIpc) is 2.91. The number of thioether (sulfide) groups is 1. The number of carbonyl (C=O) groups is 2. The first kappa shape index (κ1) is 17.6. The van der Waals surface area contributed by atoms with Gasteiger partial charge in [-0.1, -0.05) is 41.6 Å². The van der Waals surface area contributed by atoms with Crippen LogP contribution < -0.4 is 5.56 Å². The maximum absolute atomic E-state index is 12.3. The third kappa shape index (κ3) is 3.57. The first-order valence-electron chi connectivity index (χ1n) is 7.64. The Labute approximate surface area is 152 Å². The van der Waals surface area contributed by atoms with Gasteiger partial charge in [0.25, 0.3) is 5.56 Å². The fourth-order valence-electron chi connectivity index (χ4n) is 2.49. The molecule has 2 heterocycles. The number of Topliss-reactive ketones (excluding diaryl/α,β-unsaturated/α-hetero) is 2. The van der Waals surface area contributed by atoms with Gasteiger partial charge in [-0.25, -0.2) is 4.98 Å². The molecule has 0 aliphatic heterocycles. The number of hydrogen-bond acceptors (Lipinski definition) is 6. The van der Waals surface area contributed by atoms with E-state index in [4.69, 9.17) is 0 Å². The van der Waals surface area contributed by atoms with Crippen molar-refractivity contribution in [3.8, 4) is 0 Å². The molecule has 128 valence electrons. The standard InChI is InChI=1S/C18H16N2O3S2/c1-9-4-6-12(7-5-9)13(22)8-24-18-19-16(23)14-10(2)15(11(3)21)25-17(14)20-18/h4-7H,8H2,1-3H3,(H,19,20,23). The van der Waals surface area contributed by atoms with E-state index >= 15 is 0 Å². The highest BCUT2D eigenvalue weighted by atomic mass is 32.2. The molecule has 0 aliphatic carbocycles. The summed E-state index contributed by atoms with van der Waals surface area (Å²) in [6.45, 7) is 5.19. The maximum Gasteiger partial charge on any atom is 0.260 e. The number of nitrogens with one attached hydrogen (secondary N) is 1. The number of benzene rings is 1. The summed E-state index contributed by atoms with van der Waals surface area (Å²) in [5.41, 5.74) is 2.10. The highest BCUT2D eigenvalue weighted by molar-refractivity contribution is 7.99. The van der Waals surface area contributed by atoms with E-state index in [1.807, 2.05) is 19.1 Å². The molecule has 0 saturated carbocycles. The lowest BCUT2D eigenvalue weighted by atomic mass is 10.1. The van der Waals surface area contributed by atoms with Crippen LogP contribution in [0.25, 0.3) is 10.2 Å². The molecule has 0 spiro atoms. The van der Waals surface area contributed by atoms with Gasteiger partial charge in [-0.3, -0.25) is 14.4 Å². The van der Waals surface area contributed by atoms with Crippen LogP contribution in [0.4, 0.5) is 0 Å². The number of aromatic amines is 1. The minimum atomic E-state index is -0.281. The van der Waals surface area contributed by atoms with Gasteiger partial charge in [-0.2, -0.15) is 0 Å². The topological polar surface area (TPSA) is 79.9 Å². The van der Waals surface area contributed by atoms with Crippen molar-refractivity contribution in [2.45, 2.75) is 25.9 Å². The van der Waals surface area contributed by atoms with Gasteiger partial charge in [0.05, 0.1) is 16.0 Å². The molecule has 1 aromatic carbocycles. The van der Waals surface area contributed by atoms with Crippen LogP contribution in [0.3, 0.4) is 0 Å². The van der Waals surface area contributed by atoms with E-state index in [0.717, 1.165) is 5.56 Å². The number of ketones is 2. The number of thiophene rings is 1. The van der Waals surface area contributed by atoms with Crippen molar-refractivity contribution in [1.29, 1.82) is 0 Å². The van der Waals surface area contributed by atoms with Crippen LogP contribution in [-0.2, 0) is 0 Å². The van der Waals surface area contributed by atoms with Gasteiger partial charge in [0.1, 0.15) is 4.83 Å². The van der Waals surface area contributed by atoms with Gasteiger partial charge in [-0.05, 0) is 26.3 Å². The number of hydrogen-bond donors (Lipinski definition) is 1. The van der Waals surface area contributed by atoms with Crippen LogP contribution in [-0.4, -0.2) is 27.3 Å². The number of nitrogens with zero attached hydrogens (tertiary/aromatic N) is 1. The van der Waals surface area contributed by atoms with E-state index in [0.29, 0.717) is 31.4 Å². The van der Waals surface area contributed by atoms with Crippen LogP contribution in [0.15, 0.2) is 34.2 Å². The first-order chi connectivity index (χ1) is 11.9. The van der Waals surface area contributed by atoms with E-state index in [1.54, 1.807) is 19.1 Å². The Balaban J connectivity index is 1.85. The normalized spacial score (nSPS) is 11.0. The number of rotatable bonds is 5. The molecule has 0 radical (unpaired) electrons. The van der Waals surface area contributed by atoms with E-state index in [2.05, 4.69) is 9.97 Å². The fraction of sp³-hybridized carbons (Fsp3) is 0.222. The minimum Gasteiger partial charge on any atom is -0.301 e. The van der Waals surface area contributed by atoms with Crippen molar-refractivity contribution >= 4 is 44.9 Å². The Hall–Kier alpha value is -2.25. The van der Waals surface area contributed by atoms with Gasteiger partial charge in [0.2, 0.25) is 0 Å². The third-order valence-electron chi connectivity index (χ3n) is 3.81. The van der Waals surface area contributed by atoms with Crippen LogP contribution in [0.5, 0.6) is 0 Å². The molecule has 0 aliphatic rings. The lowest BCUT2D eigenvalue weighted by Crippen LogP contribution is -2.10. The second-order valence-corrected chi connectivity index (χ2v) is 7.70. The Morgan fingerprint density at radius 1 is 1.20 bits per heavy atom. The maximum atomic E-state index is 12.3. The van der Waals surface area contributed by atoms with Gasteiger partial charge >= 0.3 is 0 Å². The molecule has 2 aromatic heterocycles. The van der Waals surface area contributed by atoms with Crippen molar-refractivity contribution in [1.82, 2.24) is 9.97 Å². The van der Waals surface area contributed by atoms with E-state index < -0.39 is 0 Å². The van der Waals surface area contributed by atoms with Crippen molar-refractivity contribution in [2.75, 3.05) is 5.75 Å². The predicted molar refractivity (Wildman–Crippen MR) is 101 cm³/mol. The zero-order chi connectivity index (χ0) is 18.1. The molecule has 25 heavy (non-hydrogen) atoms. The van der Waals surface area contributed by atoms with Crippen molar-refractivity contribution in [3.63, 3.8) is 0 Å². The van der Waals surface area contributed by atoms with Crippen LogP contribution in [0.2, 0.25) is 0 Å². The zero-order valence-corrected chi connectivity index (χ0v) is 15.6. The van der Waals surface area contributed by atoms with Gasteiger partial charge in [0, 0.05) is 5.56 Å². The summed E-state index contributed by atoms with van der Waals surface area (Å²) in [5, 5.41) is 0.832. The number of fused-ring (bicyclic) bond motifs is 1. The molecule has 0 amide bonds. The minimum absolute atomic E-state index is 0.0282. The van der Waals surface area contributed by atoms with Gasteiger partial charge in [-0.15, -0.1) is 11.3 Å². The Bertz CT molecular complexity index is 1030. The van der Waals surface area contributed by atoms with Gasteiger partial charge < -0.3 is 4.98 Å². The van der Waals surface area contributed by atoms with Crippen LogP contribution in [0, 0.1) is 13.8 Å². The molecule has 0 unspecified atom stereocenters. The molecule has 0 atom stereocenters. The zero-order valence-electron chi connectivity index (χ0n) is 14.0. The molecular weight excluding hydrogens is 356 g/mol. The summed E-state index contributed by atoms with van der Waals surface area (Å²) in [4.78, 5) is 44.4. The molecule has 0 saturated heterocycles. The van der Waals surface area contributed by atoms with Crippen molar-refractivity contribution < 1.29 is 9.59 Å². The summed E-state index contributed by atoms with van der Waals surface area (Å²) in [5.74, 6) is 0.0738. The summed E-state index contributed by atoms with van der Waals surface area (Å²) < 4.78 is 0. The molecule has 3 aromatic rings. The number of aryl methyl sites for hydroxylation is 2. The highest BCUT2D eigenvalue weighted by Crippen LogP contribution is 2.28. The summed E-state index contributed by atoms with van der Waals surface area (Å²) in [6, 6.07) is 7.36. The molecule has 1 N–H and O–H groups in total. The molecule has 7 heteroatoms. The summed E-state index contributed by atoms with van der Waals surface area (Å²) >= 11 is 2.40. The fourth-order valence-corrected chi connectivity index (χ4v) is 4.38. The van der Waals surface area contributed by atoms with Crippen molar-refractivity contribution in [2.24, 2.45) is 0 Å². The smallest absolute Gasteiger partial charge is 0.260 e. The number of carbonyl (C=O) groups excluding carboxylic acids is 2. The van der Waals surface area contributed by atoms with Crippen LogP contribution >= 0.6 is 23.1 Å². The predicted octanol–water partition coefficient (Wildman–Crippen LogP) is 3.78. The second-order valence-electron chi connectivity index (χ2n) is 5.74. The molecule has 3 rings (SSSR count). The largest absolute Gasteiger partial charge is 0.301 e. The van der Waals surface area contributed by atoms with E-state index in [9.17, 15) is 14.4 Å². The summed E-state index contributed by atoms with van der Waals surface area (Å²) in [7, 11) is 0. The van der Waals surface area contributed by atoms with Crippen LogP contribution in [0.1, 0.15) is 38.1 Å². The SMILES string of the molecule is CC(=O)c1sc2nc(SCC(=O)c3ccc(C)cc3)[nH]c(=O)c2c1C.